The fourth-order valence-corrected chi connectivity index (χ4v) is 4.30. The van der Waals surface area contributed by atoms with Crippen LogP contribution in [0.25, 0.3) is 0 Å². The Labute approximate surface area is 181 Å². The van der Waals surface area contributed by atoms with Gasteiger partial charge in [0, 0.05) is 29.5 Å². The average Bonchev–Trinajstić information content (AvgIpc) is 3.27. The Bertz CT molecular complexity index is 904. The molecule has 0 saturated carbocycles. The third kappa shape index (κ3) is 5.42. The molecule has 158 valence electrons. The zero-order valence-electron chi connectivity index (χ0n) is 17.3. The molecule has 2 aromatic carbocycles. The van der Waals surface area contributed by atoms with Crippen molar-refractivity contribution in [2.75, 3.05) is 11.6 Å². The molecule has 2 aromatic rings. The van der Waals surface area contributed by atoms with Crippen LogP contribution in [0, 0.1) is 0 Å². The molecular formula is C23H27N3O3S. The van der Waals surface area contributed by atoms with E-state index in [0.29, 0.717) is 29.3 Å². The Kier molecular flexibility index (Phi) is 7.52. The Hall–Kier alpha value is -2.80. The molecule has 3 rings (SSSR count). The van der Waals surface area contributed by atoms with Gasteiger partial charge in [0.15, 0.2) is 0 Å². The van der Waals surface area contributed by atoms with E-state index >= 15 is 0 Å². The number of benzene rings is 2. The lowest BCUT2D eigenvalue weighted by Gasteiger charge is -2.23. The van der Waals surface area contributed by atoms with Crippen molar-refractivity contribution in [2.24, 2.45) is 0 Å². The first-order valence-electron chi connectivity index (χ1n) is 10.1. The Balaban J connectivity index is 1.60. The molecule has 3 amide bonds. The first-order valence-corrected chi connectivity index (χ1v) is 11.3. The molecule has 1 unspecified atom stereocenters. The molecule has 1 fully saturated rings. The van der Waals surface area contributed by atoms with E-state index in [1.807, 2.05) is 44.2 Å². The second-order valence-corrected chi connectivity index (χ2v) is 8.36. The molecule has 6 nitrogen and oxygen atoms in total. The number of nitrogens with one attached hydrogen (secondary N) is 2. The number of thioether (sulfide) groups is 1. The summed E-state index contributed by atoms with van der Waals surface area (Å²) in [6, 6.07) is 15.8. The minimum absolute atomic E-state index is 0.105. The van der Waals surface area contributed by atoms with Crippen molar-refractivity contribution in [3.8, 4) is 0 Å². The number of carbonyl (C=O) groups excluding carboxylic acids is 3. The maximum atomic E-state index is 12.8. The largest absolute Gasteiger partial charge is 0.350 e. The third-order valence-electron chi connectivity index (χ3n) is 5.11. The number of hydrogen-bond acceptors (Lipinski definition) is 4. The molecule has 7 heteroatoms. The van der Waals surface area contributed by atoms with Crippen LogP contribution >= 0.6 is 11.8 Å². The second kappa shape index (κ2) is 10.3. The predicted octanol–water partition coefficient (Wildman–Crippen LogP) is 3.05. The predicted molar refractivity (Wildman–Crippen MR) is 119 cm³/mol. The summed E-state index contributed by atoms with van der Waals surface area (Å²) in [4.78, 5) is 39.5. The number of hydrogen-bond donors (Lipinski definition) is 2. The van der Waals surface area contributed by atoms with Crippen molar-refractivity contribution in [1.82, 2.24) is 15.5 Å². The van der Waals surface area contributed by atoms with E-state index in [1.165, 1.54) is 0 Å². The zero-order valence-corrected chi connectivity index (χ0v) is 18.1. The standard InChI is InChI=1S/C23H27N3O3S/c1-3-16(2)25-21(27)19-11-7-8-17(12-19)13-24-22(28)20-14-30-15-26(20)23(29)18-9-5-4-6-10-18/h4-12,16,20H,3,13-15H2,1-2H3,(H,24,28)(H,25,27)/t16?,20-/m0/s1. The van der Waals surface area contributed by atoms with E-state index in [0.717, 1.165) is 12.0 Å². The number of nitrogens with zero attached hydrogens (tertiary/aromatic N) is 1. The summed E-state index contributed by atoms with van der Waals surface area (Å²) in [5, 5.41) is 5.86. The topological polar surface area (TPSA) is 78.5 Å². The Morgan fingerprint density at radius 1 is 1.10 bits per heavy atom. The van der Waals surface area contributed by atoms with Gasteiger partial charge in [-0.3, -0.25) is 14.4 Å². The monoisotopic (exact) mass is 425 g/mol. The maximum Gasteiger partial charge on any atom is 0.255 e. The molecule has 2 N–H and O–H groups in total. The lowest BCUT2D eigenvalue weighted by molar-refractivity contribution is -0.124. The summed E-state index contributed by atoms with van der Waals surface area (Å²) < 4.78 is 0. The number of rotatable bonds is 7. The highest BCUT2D eigenvalue weighted by Gasteiger charge is 2.34. The molecule has 1 heterocycles. The highest BCUT2D eigenvalue weighted by Crippen LogP contribution is 2.23. The van der Waals surface area contributed by atoms with Gasteiger partial charge < -0.3 is 15.5 Å². The van der Waals surface area contributed by atoms with Crippen LogP contribution in [-0.2, 0) is 11.3 Å². The molecule has 0 aliphatic carbocycles. The van der Waals surface area contributed by atoms with Crippen molar-refractivity contribution in [3.05, 3.63) is 71.3 Å². The van der Waals surface area contributed by atoms with Crippen molar-refractivity contribution < 1.29 is 14.4 Å². The fourth-order valence-electron chi connectivity index (χ4n) is 3.15. The molecule has 0 spiro atoms. The molecule has 2 atom stereocenters. The van der Waals surface area contributed by atoms with Gasteiger partial charge in [0.2, 0.25) is 5.91 Å². The van der Waals surface area contributed by atoms with E-state index in [1.54, 1.807) is 40.9 Å². The quantitative estimate of drug-likeness (QED) is 0.715. The van der Waals surface area contributed by atoms with Crippen molar-refractivity contribution in [1.29, 1.82) is 0 Å². The summed E-state index contributed by atoms with van der Waals surface area (Å²) in [5.41, 5.74) is 1.99. The van der Waals surface area contributed by atoms with Gasteiger partial charge in [0.05, 0.1) is 5.88 Å². The molecule has 0 radical (unpaired) electrons. The number of carbonyl (C=O) groups is 3. The Morgan fingerprint density at radius 2 is 1.83 bits per heavy atom. The summed E-state index contributed by atoms with van der Waals surface area (Å²) >= 11 is 1.57. The highest BCUT2D eigenvalue weighted by atomic mass is 32.2. The minimum atomic E-state index is -0.500. The molecule has 1 aliphatic heterocycles. The normalized spacial score (nSPS) is 16.7. The van der Waals surface area contributed by atoms with Gasteiger partial charge in [-0.2, -0.15) is 0 Å². The van der Waals surface area contributed by atoms with Crippen molar-refractivity contribution >= 4 is 29.5 Å². The summed E-state index contributed by atoms with van der Waals surface area (Å²) in [7, 11) is 0. The zero-order chi connectivity index (χ0) is 21.5. The minimum Gasteiger partial charge on any atom is -0.350 e. The number of amides is 3. The summed E-state index contributed by atoms with van der Waals surface area (Å²) in [6.07, 6.45) is 0.860. The van der Waals surface area contributed by atoms with Crippen molar-refractivity contribution in [3.63, 3.8) is 0 Å². The molecule has 0 aromatic heterocycles. The lowest BCUT2D eigenvalue weighted by Crippen LogP contribution is -2.47. The lowest BCUT2D eigenvalue weighted by atomic mass is 10.1. The van der Waals surface area contributed by atoms with Gasteiger partial charge in [0.25, 0.3) is 11.8 Å². The molecule has 30 heavy (non-hydrogen) atoms. The van der Waals surface area contributed by atoms with Crippen LogP contribution in [0.5, 0.6) is 0 Å². The molecule has 0 bridgehead atoms. The maximum absolute atomic E-state index is 12.8. The van der Waals surface area contributed by atoms with E-state index in [4.69, 9.17) is 0 Å². The summed E-state index contributed by atoms with van der Waals surface area (Å²) in [6.45, 7) is 4.28. The van der Waals surface area contributed by atoms with Crippen LogP contribution in [0.4, 0.5) is 0 Å². The van der Waals surface area contributed by atoms with Gasteiger partial charge >= 0.3 is 0 Å². The van der Waals surface area contributed by atoms with Gasteiger partial charge in [-0.15, -0.1) is 11.8 Å². The SMILES string of the molecule is CCC(C)NC(=O)c1cccc(CNC(=O)[C@@H]2CSCN2C(=O)c2ccccc2)c1. The van der Waals surface area contributed by atoms with Gasteiger partial charge in [-0.25, -0.2) is 0 Å². The van der Waals surface area contributed by atoms with E-state index < -0.39 is 6.04 Å². The van der Waals surface area contributed by atoms with E-state index in [9.17, 15) is 14.4 Å². The van der Waals surface area contributed by atoms with Crippen LogP contribution in [0.3, 0.4) is 0 Å². The third-order valence-corrected chi connectivity index (χ3v) is 6.12. The first-order chi connectivity index (χ1) is 14.5. The Morgan fingerprint density at radius 3 is 2.57 bits per heavy atom. The first kappa shape index (κ1) is 21.9. The second-order valence-electron chi connectivity index (χ2n) is 7.36. The molecular weight excluding hydrogens is 398 g/mol. The van der Waals surface area contributed by atoms with Crippen LogP contribution in [0.1, 0.15) is 46.5 Å². The average molecular weight is 426 g/mol. The summed E-state index contributed by atoms with van der Waals surface area (Å²) in [5.74, 6) is 0.631. The van der Waals surface area contributed by atoms with Gasteiger partial charge in [-0.05, 0) is 43.2 Å². The van der Waals surface area contributed by atoms with Crippen molar-refractivity contribution in [2.45, 2.75) is 38.9 Å². The molecule has 1 aliphatic rings. The van der Waals surface area contributed by atoms with Crippen LogP contribution in [0.15, 0.2) is 54.6 Å². The van der Waals surface area contributed by atoms with Crippen LogP contribution in [0.2, 0.25) is 0 Å². The van der Waals surface area contributed by atoms with Crippen LogP contribution in [-0.4, -0.2) is 46.3 Å². The molecule has 1 saturated heterocycles. The highest BCUT2D eigenvalue weighted by molar-refractivity contribution is 7.99. The van der Waals surface area contributed by atoms with E-state index in [2.05, 4.69) is 10.6 Å². The van der Waals surface area contributed by atoms with Gasteiger partial charge in [0.1, 0.15) is 6.04 Å². The van der Waals surface area contributed by atoms with Gasteiger partial charge in [-0.1, -0.05) is 37.3 Å². The van der Waals surface area contributed by atoms with Crippen LogP contribution < -0.4 is 10.6 Å². The van der Waals surface area contributed by atoms with E-state index in [-0.39, 0.29) is 23.8 Å². The smallest absolute Gasteiger partial charge is 0.255 e. The fraction of sp³-hybridized carbons (Fsp3) is 0.348.